The first-order chi connectivity index (χ1) is 13.0. The Morgan fingerprint density at radius 1 is 1.11 bits per heavy atom. The van der Waals surface area contributed by atoms with E-state index in [2.05, 4.69) is 40.0 Å². The summed E-state index contributed by atoms with van der Waals surface area (Å²) >= 11 is 1.78. The number of nitrogens with one attached hydrogen (secondary N) is 3. The van der Waals surface area contributed by atoms with Gasteiger partial charge in [-0.2, -0.15) is 0 Å². The van der Waals surface area contributed by atoms with Crippen LogP contribution in [0.3, 0.4) is 0 Å². The predicted molar refractivity (Wildman–Crippen MR) is 129 cm³/mol. The summed E-state index contributed by atoms with van der Waals surface area (Å²) in [5, 5.41) is 9.54. The second-order valence-corrected chi connectivity index (χ2v) is 7.92. The lowest BCUT2D eigenvalue weighted by molar-refractivity contribution is 0.0951. The average molecular weight is 515 g/mol. The summed E-state index contributed by atoms with van der Waals surface area (Å²) in [5.41, 5.74) is 1.70. The van der Waals surface area contributed by atoms with Crippen LogP contribution in [0.4, 0.5) is 0 Å². The first kappa shape index (κ1) is 24.4. The topological polar surface area (TPSA) is 68.8 Å². The molecule has 0 unspecified atom stereocenters. The second kappa shape index (κ2) is 12.7. The third kappa shape index (κ3) is 8.57. The Morgan fingerprint density at radius 2 is 1.86 bits per heavy atom. The lowest BCUT2D eigenvalue weighted by Crippen LogP contribution is -2.36. The number of halogens is 1. The SMILES string of the molecule is CN=C(NCc1cccc(C(=O)NCCN(C)C)c1)NCc1ccc(C)s1.I. The van der Waals surface area contributed by atoms with Gasteiger partial charge < -0.3 is 20.9 Å². The molecule has 2 rings (SSSR count). The molecule has 154 valence electrons. The number of carbonyl (C=O) groups excluding carboxylic acids is 1. The van der Waals surface area contributed by atoms with Crippen LogP contribution >= 0.6 is 35.3 Å². The quantitative estimate of drug-likeness (QED) is 0.288. The number of hydrogen-bond acceptors (Lipinski definition) is 4. The van der Waals surface area contributed by atoms with Gasteiger partial charge in [0.25, 0.3) is 5.91 Å². The summed E-state index contributed by atoms with van der Waals surface area (Å²) in [6.07, 6.45) is 0. The lowest BCUT2D eigenvalue weighted by atomic mass is 10.1. The monoisotopic (exact) mass is 515 g/mol. The number of carbonyl (C=O) groups is 1. The minimum absolute atomic E-state index is 0. The largest absolute Gasteiger partial charge is 0.352 e. The number of aryl methyl sites for hydroxylation is 1. The Balaban J connectivity index is 0.00000392. The number of thiophene rings is 1. The van der Waals surface area contributed by atoms with Crippen LogP contribution < -0.4 is 16.0 Å². The van der Waals surface area contributed by atoms with Gasteiger partial charge in [-0.3, -0.25) is 9.79 Å². The van der Waals surface area contributed by atoms with E-state index in [0.717, 1.165) is 24.6 Å². The minimum atomic E-state index is -0.0470. The van der Waals surface area contributed by atoms with E-state index in [1.807, 2.05) is 43.3 Å². The van der Waals surface area contributed by atoms with Crippen molar-refractivity contribution < 1.29 is 4.79 Å². The molecular formula is C20H30IN5OS. The molecule has 1 aromatic carbocycles. The number of hydrogen-bond donors (Lipinski definition) is 3. The van der Waals surface area contributed by atoms with Crippen LogP contribution in [0.5, 0.6) is 0 Å². The fourth-order valence-corrected chi connectivity index (χ4v) is 3.31. The Labute approximate surface area is 188 Å². The standard InChI is InChI=1S/C20H29N5OS.HI/c1-15-8-9-18(27-15)14-24-20(21-2)23-13-16-6-5-7-17(12-16)19(26)22-10-11-25(3)4;/h5-9,12H,10-11,13-14H2,1-4H3,(H,22,26)(H2,21,23,24);1H. The van der Waals surface area contributed by atoms with Crippen LogP contribution in [0.15, 0.2) is 41.4 Å². The van der Waals surface area contributed by atoms with Crippen LogP contribution in [-0.2, 0) is 13.1 Å². The van der Waals surface area contributed by atoms with Crippen LogP contribution in [-0.4, -0.2) is 51.0 Å². The summed E-state index contributed by atoms with van der Waals surface area (Å²) in [6, 6.07) is 11.9. The molecule has 0 saturated carbocycles. The molecule has 2 aromatic rings. The van der Waals surface area contributed by atoms with Crippen LogP contribution in [0.25, 0.3) is 0 Å². The van der Waals surface area contributed by atoms with Gasteiger partial charge in [-0.1, -0.05) is 12.1 Å². The average Bonchev–Trinajstić information content (AvgIpc) is 3.07. The summed E-state index contributed by atoms with van der Waals surface area (Å²) in [5.74, 6) is 0.691. The van der Waals surface area contributed by atoms with Crippen LogP contribution in [0.1, 0.15) is 25.7 Å². The molecule has 0 atom stereocenters. The molecule has 0 spiro atoms. The van der Waals surface area contributed by atoms with Crippen molar-refractivity contribution in [1.82, 2.24) is 20.9 Å². The lowest BCUT2D eigenvalue weighted by Gasteiger charge is -2.13. The number of likely N-dealkylation sites (N-methyl/N-ethyl adjacent to an activating group) is 1. The van der Waals surface area contributed by atoms with Crippen molar-refractivity contribution in [3.05, 3.63) is 57.3 Å². The fraction of sp³-hybridized carbons (Fsp3) is 0.400. The molecular weight excluding hydrogens is 485 g/mol. The molecule has 8 heteroatoms. The van der Waals surface area contributed by atoms with Gasteiger partial charge in [0, 0.05) is 42.0 Å². The van der Waals surface area contributed by atoms with Gasteiger partial charge in [0.05, 0.1) is 6.54 Å². The maximum absolute atomic E-state index is 12.2. The summed E-state index contributed by atoms with van der Waals surface area (Å²) in [4.78, 5) is 21.1. The van der Waals surface area contributed by atoms with Crippen molar-refractivity contribution in [2.75, 3.05) is 34.2 Å². The van der Waals surface area contributed by atoms with E-state index in [1.54, 1.807) is 18.4 Å². The van der Waals surface area contributed by atoms with Crippen molar-refractivity contribution in [1.29, 1.82) is 0 Å². The molecule has 28 heavy (non-hydrogen) atoms. The molecule has 0 aliphatic carbocycles. The third-order valence-electron chi connectivity index (χ3n) is 3.94. The van der Waals surface area contributed by atoms with Crippen molar-refractivity contribution in [3.8, 4) is 0 Å². The van der Waals surface area contributed by atoms with Gasteiger partial charge in [-0.25, -0.2) is 0 Å². The molecule has 0 aliphatic rings. The maximum Gasteiger partial charge on any atom is 0.251 e. The number of aliphatic imine (C=N–C) groups is 1. The zero-order chi connectivity index (χ0) is 19.6. The minimum Gasteiger partial charge on any atom is -0.352 e. The van der Waals surface area contributed by atoms with Crippen molar-refractivity contribution in [2.45, 2.75) is 20.0 Å². The molecule has 0 saturated heterocycles. The first-order valence-corrected chi connectivity index (χ1v) is 9.81. The Kier molecular flexibility index (Phi) is 11.1. The zero-order valence-corrected chi connectivity index (χ0v) is 20.1. The highest BCUT2D eigenvalue weighted by molar-refractivity contribution is 14.0. The molecule has 3 N–H and O–H groups in total. The van der Waals surface area contributed by atoms with Gasteiger partial charge in [-0.15, -0.1) is 35.3 Å². The maximum atomic E-state index is 12.2. The summed E-state index contributed by atoms with van der Waals surface area (Å²) < 4.78 is 0. The van der Waals surface area contributed by atoms with Gasteiger partial charge in [0.15, 0.2) is 5.96 Å². The highest BCUT2D eigenvalue weighted by atomic mass is 127. The van der Waals surface area contributed by atoms with E-state index in [-0.39, 0.29) is 29.9 Å². The molecule has 6 nitrogen and oxygen atoms in total. The van der Waals surface area contributed by atoms with Gasteiger partial charge in [0.2, 0.25) is 0 Å². The number of rotatable bonds is 8. The zero-order valence-electron chi connectivity index (χ0n) is 16.9. The molecule has 0 bridgehead atoms. The second-order valence-electron chi connectivity index (χ2n) is 6.55. The number of benzene rings is 1. The fourth-order valence-electron chi connectivity index (χ4n) is 2.48. The van der Waals surface area contributed by atoms with Crippen LogP contribution in [0, 0.1) is 6.92 Å². The highest BCUT2D eigenvalue weighted by Crippen LogP contribution is 2.14. The number of guanidine groups is 1. The molecule has 0 radical (unpaired) electrons. The Morgan fingerprint density at radius 3 is 2.50 bits per heavy atom. The molecule has 1 amide bonds. The van der Waals surface area contributed by atoms with E-state index >= 15 is 0 Å². The Bertz CT molecular complexity index is 775. The number of nitrogens with zero attached hydrogens (tertiary/aromatic N) is 2. The summed E-state index contributed by atoms with van der Waals surface area (Å²) in [7, 11) is 5.72. The van der Waals surface area contributed by atoms with E-state index in [1.165, 1.54) is 9.75 Å². The van der Waals surface area contributed by atoms with Crippen molar-refractivity contribution >= 4 is 47.2 Å². The Hall–Kier alpha value is -1.65. The smallest absolute Gasteiger partial charge is 0.251 e. The van der Waals surface area contributed by atoms with Crippen molar-refractivity contribution in [2.24, 2.45) is 4.99 Å². The van der Waals surface area contributed by atoms with Crippen molar-refractivity contribution in [3.63, 3.8) is 0 Å². The van der Waals surface area contributed by atoms with Gasteiger partial charge >= 0.3 is 0 Å². The molecule has 0 fully saturated rings. The van der Waals surface area contributed by atoms with Crippen LogP contribution in [0.2, 0.25) is 0 Å². The van der Waals surface area contributed by atoms with E-state index < -0.39 is 0 Å². The molecule has 0 aliphatic heterocycles. The van der Waals surface area contributed by atoms with Gasteiger partial charge in [0.1, 0.15) is 0 Å². The normalized spacial score (nSPS) is 11.1. The third-order valence-corrected chi connectivity index (χ3v) is 4.94. The summed E-state index contributed by atoms with van der Waals surface area (Å²) in [6.45, 7) is 4.89. The van der Waals surface area contributed by atoms with E-state index in [0.29, 0.717) is 18.7 Å². The first-order valence-electron chi connectivity index (χ1n) is 8.99. The highest BCUT2D eigenvalue weighted by Gasteiger charge is 2.07. The van der Waals surface area contributed by atoms with E-state index in [4.69, 9.17) is 0 Å². The van der Waals surface area contributed by atoms with Gasteiger partial charge in [-0.05, 0) is 50.8 Å². The predicted octanol–water partition coefficient (Wildman–Crippen LogP) is 2.83. The molecule has 1 heterocycles. The molecule has 1 aromatic heterocycles. The van der Waals surface area contributed by atoms with E-state index in [9.17, 15) is 4.79 Å². The number of amides is 1.